The zero-order valence-electron chi connectivity index (χ0n) is 9.25. The largest absolute Gasteiger partial charge is 0.487 e. The molecule has 0 fully saturated rings. The second-order valence-corrected chi connectivity index (χ2v) is 7.64. The van der Waals surface area contributed by atoms with Crippen molar-refractivity contribution in [1.29, 1.82) is 0 Å². The number of methoxy groups -OCH3 is 1. The van der Waals surface area contributed by atoms with E-state index in [1.165, 1.54) is 0 Å². The van der Waals surface area contributed by atoms with Gasteiger partial charge in [0.05, 0.1) is 13.2 Å². The molecule has 5 heteroatoms. The summed E-state index contributed by atoms with van der Waals surface area (Å²) < 4.78 is 15.7. The Hall–Kier alpha value is -0.613. The summed E-state index contributed by atoms with van der Waals surface area (Å²) in [6.45, 7) is 6.80. The average molecular weight is 218 g/mol. The van der Waals surface area contributed by atoms with Crippen molar-refractivity contribution >= 4 is 14.3 Å². The van der Waals surface area contributed by atoms with Crippen molar-refractivity contribution in [1.82, 2.24) is 0 Å². The molecule has 0 saturated heterocycles. The molecule has 0 aromatic heterocycles. The van der Waals surface area contributed by atoms with Crippen molar-refractivity contribution in [2.45, 2.75) is 20.0 Å². The first-order chi connectivity index (χ1) is 6.52. The zero-order valence-corrected chi connectivity index (χ0v) is 10.3. The molecule has 0 heterocycles. The van der Waals surface area contributed by atoms with Crippen molar-refractivity contribution in [2.24, 2.45) is 0 Å². The average Bonchev–Trinajstić information content (AvgIpc) is 2.14. The van der Waals surface area contributed by atoms with E-state index in [-0.39, 0.29) is 5.76 Å². The standard InChI is InChI=1S/C9H18O4Si/c1-9(7-10)12-8-14(3,4)13-6-5-11-2/h5-6,8H2,1-4H3. The highest BCUT2D eigenvalue weighted by Crippen LogP contribution is 2.06. The summed E-state index contributed by atoms with van der Waals surface area (Å²) in [4.78, 5) is 10.1. The second-order valence-electron chi connectivity index (χ2n) is 3.55. The van der Waals surface area contributed by atoms with E-state index in [4.69, 9.17) is 13.9 Å². The second kappa shape index (κ2) is 6.78. The Labute approximate surface area is 86.0 Å². The van der Waals surface area contributed by atoms with Gasteiger partial charge in [0.2, 0.25) is 8.32 Å². The van der Waals surface area contributed by atoms with E-state index in [1.54, 1.807) is 20.0 Å². The van der Waals surface area contributed by atoms with E-state index in [9.17, 15) is 4.79 Å². The minimum Gasteiger partial charge on any atom is -0.487 e. The van der Waals surface area contributed by atoms with Crippen molar-refractivity contribution < 1.29 is 18.7 Å². The van der Waals surface area contributed by atoms with Gasteiger partial charge in [-0.15, -0.1) is 0 Å². The van der Waals surface area contributed by atoms with Crippen LogP contribution < -0.4 is 0 Å². The molecule has 0 amide bonds. The van der Waals surface area contributed by atoms with Crippen LogP contribution in [-0.4, -0.2) is 40.8 Å². The monoisotopic (exact) mass is 218 g/mol. The molecule has 0 spiro atoms. The van der Waals surface area contributed by atoms with Gasteiger partial charge in [-0.1, -0.05) is 0 Å². The highest BCUT2D eigenvalue weighted by Gasteiger charge is 2.23. The quantitative estimate of drug-likeness (QED) is 0.278. The predicted molar refractivity (Wildman–Crippen MR) is 56.1 cm³/mol. The fraction of sp³-hybridized carbons (Fsp3) is 0.778. The van der Waals surface area contributed by atoms with Gasteiger partial charge in [-0.3, -0.25) is 0 Å². The smallest absolute Gasteiger partial charge is 0.224 e. The van der Waals surface area contributed by atoms with Gasteiger partial charge in [-0.05, 0) is 13.1 Å². The third kappa shape index (κ3) is 6.86. The lowest BCUT2D eigenvalue weighted by Gasteiger charge is -2.22. The highest BCUT2D eigenvalue weighted by atomic mass is 28.4. The maximum Gasteiger partial charge on any atom is 0.224 e. The summed E-state index contributed by atoms with van der Waals surface area (Å²) in [6, 6.07) is 0. The number of carbonyl (C=O) groups excluding carboxylic acids is 1. The highest BCUT2D eigenvalue weighted by molar-refractivity contribution is 6.71. The molecule has 14 heavy (non-hydrogen) atoms. The van der Waals surface area contributed by atoms with Gasteiger partial charge in [0.1, 0.15) is 6.23 Å². The lowest BCUT2D eigenvalue weighted by atomic mass is 10.7. The molecular weight excluding hydrogens is 200 g/mol. The van der Waals surface area contributed by atoms with Gasteiger partial charge in [-0.2, -0.15) is 0 Å². The number of hydrogen-bond acceptors (Lipinski definition) is 4. The van der Waals surface area contributed by atoms with Crippen LogP contribution in [0.4, 0.5) is 0 Å². The van der Waals surface area contributed by atoms with Crippen LogP contribution in [0.3, 0.4) is 0 Å². The first kappa shape index (κ1) is 13.4. The molecule has 0 aromatic carbocycles. The normalized spacial score (nSPS) is 10.9. The van der Waals surface area contributed by atoms with Crippen molar-refractivity contribution in [3.8, 4) is 0 Å². The molecule has 0 radical (unpaired) electrons. The van der Waals surface area contributed by atoms with Crippen LogP contribution in [-0.2, 0) is 18.7 Å². The maximum absolute atomic E-state index is 10.1. The fourth-order valence-corrected chi connectivity index (χ4v) is 2.04. The van der Waals surface area contributed by atoms with Crippen LogP contribution in [0.1, 0.15) is 6.92 Å². The predicted octanol–water partition coefficient (Wildman–Crippen LogP) is 1.15. The van der Waals surface area contributed by atoms with Crippen LogP contribution in [0.5, 0.6) is 0 Å². The van der Waals surface area contributed by atoms with Crippen molar-refractivity contribution in [3.63, 3.8) is 0 Å². The van der Waals surface area contributed by atoms with Gasteiger partial charge < -0.3 is 13.9 Å². The lowest BCUT2D eigenvalue weighted by Crippen LogP contribution is -2.37. The van der Waals surface area contributed by atoms with Gasteiger partial charge in [-0.25, -0.2) is 4.79 Å². The molecule has 0 atom stereocenters. The summed E-state index contributed by atoms with van der Waals surface area (Å²) >= 11 is 0. The Morgan fingerprint density at radius 2 is 2.00 bits per heavy atom. The molecule has 0 bridgehead atoms. The Morgan fingerprint density at radius 1 is 1.36 bits per heavy atom. The summed E-state index contributed by atoms with van der Waals surface area (Å²) in [5.74, 6) is 1.97. The minimum atomic E-state index is -1.82. The fourth-order valence-electron chi connectivity index (χ4n) is 0.754. The van der Waals surface area contributed by atoms with E-state index in [2.05, 4.69) is 0 Å². The van der Waals surface area contributed by atoms with Gasteiger partial charge in [0.15, 0.2) is 11.7 Å². The molecular formula is C9H18O4Si. The summed E-state index contributed by atoms with van der Waals surface area (Å²) in [7, 11) is -0.189. The lowest BCUT2D eigenvalue weighted by molar-refractivity contribution is 0.135. The Kier molecular flexibility index (Phi) is 6.49. The Morgan fingerprint density at radius 3 is 2.50 bits per heavy atom. The topological polar surface area (TPSA) is 44.8 Å². The van der Waals surface area contributed by atoms with Crippen LogP contribution in [0.15, 0.2) is 5.76 Å². The molecule has 0 aromatic rings. The zero-order chi connectivity index (χ0) is 11.0. The van der Waals surface area contributed by atoms with Crippen LogP contribution in [0, 0.1) is 0 Å². The Balaban J connectivity index is 3.76. The molecule has 0 aliphatic rings. The summed E-state index contributed by atoms with van der Waals surface area (Å²) in [5, 5.41) is 0. The number of ether oxygens (including phenoxy) is 2. The van der Waals surface area contributed by atoms with Crippen molar-refractivity contribution in [3.05, 3.63) is 5.76 Å². The van der Waals surface area contributed by atoms with E-state index in [0.29, 0.717) is 19.4 Å². The molecule has 0 unspecified atom stereocenters. The molecule has 4 nitrogen and oxygen atoms in total. The van der Waals surface area contributed by atoms with Crippen LogP contribution in [0.25, 0.3) is 0 Å². The van der Waals surface area contributed by atoms with Crippen LogP contribution in [0.2, 0.25) is 13.1 Å². The van der Waals surface area contributed by atoms with Gasteiger partial charge in [0, 0.05) is 14.0 Å². The van der Waals surface area contributed by atoms with Crippen molar-refractivity contribution in [2.75, 3.05) is 26.6 Å². The molecule has 0 saturated carbocycles. The molecule has 0 rings (SSSR count). The summed E-state index contributed by atoms with van der Waals surface area (Å²) in [5.41, 5.74) is 0. The first-order valence-corrected chi connectivity index (χ1v) is 7.61. The Bertz CT molecular complexity index is 209. The molecule has 82 valence electrons. The van der Waals surface area contributed by atoms with E-state index in [1.807, 2.05) is 13.1 Å². The van der Waals surface area contributed by atoms with Crippen LogP contribution >= 0.6 is 0 Å². The number of allylic oxidation sites excluding steroid dienone is 1. The molecule has 0 aliphatic carbocycles. The molecule has 0 aliphatic heterocycles. The third-order valence-electron chi connectivity index (χ3n) is 1.56. The summed E-state index contributed by atoms with van der Waals surface area (Å²) in [6.07, 6.45) is 0.470. The number of rotatable bonds is 7. The van der Waals surface area contributed by atoms with Gasteiger partial charge in [0.25, 0.3) is 0 Å². The first-order valence-electron chi connectivity index (χ1n) is 4.49. The van der Waals surface area contributed by atoms with E-state index >= 15 is 0 Å². The van der Waals surface area contributed by atoms with Gasteiger partial charge >= 0.3 is 0 Å². The minimum absolute atomic E-state index is 0.279. The number of hydrogen-bond donors (Lipinski definition) is 0. The third-order valence-corrected chi connectivity index (χ3v) is 3.39. The SMILES string of the molecule is COCCO[Si](C)(C)COC(C)=C=O. The maximum atomic E-state index is 10.1. The van der Waals surface area contributed by atoms with E-state index < -0.39 is 8.32 Å². The molecule has 0 N–H and O–H groups in total. The van der Waals surface area contributed by atoms with E-state index in [0.717, 1.165) is 0 Å².